The van der Waals surface area contributed by atoms with Gasteiger partial charge in [-0.25, -0.2) is 18.4 Å². The summed E-state index contributed by atoms with van der Waals surface area (Å²) < 4.78 is 23.1. The van der Waals surface area contributed by atoms with Gasteiger partial charge in [-0.2, -0.15) is 0 Å². The predicted octanol–water partition coefficient (Wildman–Crippen LogP) is 2.35. The Bertz CT molecular complexity index is 961. The van der Waals surface area contributed by atoms with Gasteiger partial charge in [0.1, 0.15) is 10.7 Å². The maximum absolute atomic E-state index is 12.6. The highest BCUT2D eigenvalue weighted by Gasteiger charge is 2.30. The Hall–Kier alpha value is -1.54. The largest absolute Gasteiger partial charge is 0.351 e. The van der Waals surface area contributed by atoms with Crippen LogP contribution < -0.4 is 5.32 Å². The van der Waals surface area contributed by atoms with Gasteiger partial charge in [-0.1, -0.05) is 0 Å². The molecule has 1 saturated carbocycles. The van der Waals surface area contributed by atoms with Crippen LogP contribution in [-0.2, 0) is 9.84 Å². The minimum absolute atomic E-state index is 0.0200. The van der Waals surface area contributed by atoms with E-state index in [2.05, 4.69) is 15.3 Å². The average molecular weight is 380 g/mol. The number of fused-ring (bicyclic) bond motifs is 1. The van der Waals surface area contributed by atoms with Crippen LogP contribution in [-0.4, -0.2) is 42.3 Å². The van der Waals surface area contributed by atoms with Crippen LogP contribution in [0.2, 0.25) is 0 Å². The van der Waals surface area contributed by atoms with Crippen LogP contribution in [0, 0.1) is 19.8 Å². The fourth-order valence-corrected chi connectivity index (χ4v) is 6.47. The summed E-state index contributed by atoms with van der Waals surface area (Å²) in [6.45, 7) is 4.31. The summed E-state index contributed by atoms with van der Waals surface area (Å²) in [4.78, 5) is 23.4. The van der Waals surface area contributed by atoms with Gasteiger partial charge in [0.05, 0.1) is 22.1 Å². The number of amides is 1. The van der Waals surface area contributed by atoms with Gasteiger partial charge in [-0.15, -0.1) is 11.3 Å². The van der Waals surface area contributed by atoms with E-state index in [1.54, 1.807) is 0 Å². The first-order valence-electron chi connectivity index (χ1n) is 8.60. The predicted molar refractivity (Wildman–Crippen MR) is 98.0 cm³/mol. The van der Waals surface area contributed by atoms with Crippen molar-refractivity contribution in [2.24, 2.45) is 5.92 Å². The number of thiophene rings is 1. The number of aromatic nitrogens is 2. The third kappa shape index (κ3) is 3.29. The van der Waals surface area contributed by atoms with Crippen LogP contribution in [0.4, 0.5) is 0 Å². The summed E-state index contributed by atoms with van der Waals surface area (Å²) in [6, 6.07) is 0. The van der Waals surface area contributed by atoms with Crippen LogP contribution in [0.1, 0.15) is 51.9 Å². The van der Waals surface area contributed by atoms with Gasteiger partial charge in [0.15, 0.2) is 9.84 Å². The number of nitrogens with zero attached hydrogens (tertiary/aromatic N) is 2. The Morgan fingerprint density at radius 1 is 1.24 bits per heavy atom. The van der Waals surface area contributed by atoms with Crippen LogP contribution in [0.15, 0.2) is 0 Å². The molecule has 0 bridgehead atoms. The van der Waals surface area contributed by atoms with Crippen LogP contribution >= 0.6 is 11.3 Å². The summed E-state index contributed by atoms with van der Waals surface area (Å²) in [5.41, 5.74) is 1.85. The molecule has 1 aliphatic heterocycles. The molecule has 2 aromatic rings. The summed E-state index contributed by atoms with van der Waals surface area (Å²) in [5, 5.41) is 3.88. The Labute approximate surface area is 151 Å². The maximum atomic E-state index is 12.6. The van der Waals surface area contributed by atoms with Crippen LogP contribution in [0.5, 0.6) is 0 Å². The molecule has 1 N–H and O–H groups in total. The zero-order chi connectivity index (χ0) is 17.8. The number of carbonyl (C=O) groups excluding carboxylic acids is 1. The van der Waals surface area contributed by atoms with E-state index in [1.165, 1.54) is 11.3 Å². The highest BCUT2D eigenvalue weighted by Crippen LogP contribution is 2.40. The SMILES string of the molecule is Cc1nc(C2CC2)nc2sc(C(=O)NCC3CCS(=O)(=O)C3)c(C)c12. The van der Waals surface area contributed by atoms with E-state index < -0.39 is 9.84 Å². The lowest BCUT2D eigenvalue weighted by atomic mass is 10.1. The van der Waals surface area contributed by atoms with Crippen molar-refractivity contribution in [3.8, 4) is 0 Å². The van der Waals surface area contributed by atoms with Crippen molar-refractivity contribution in [1.82, 2.24) is 15.3 Å². The molecular weight excluding hydrogens is 358 g/mol. The van der Waals surface area contributed by atoms with Crippen molar-refractivity contribution < 1.29 is 13.2 Å². The minimum Gasteiger partial charge on any atom is -0.351 e. The molecule has 134 valence electrons. The molecule has 1 unspecified atom stereocenters. The minimum atomic E-state index is -2.92. The topological polar surface area (TPSA) is 89.0 Å². The fraction of sp³-hybridized carbons (Fsp3) is 0.588. The molecule has 1 amide bonds. The van der Waals surface area contributed by atoms with E-state index in [0.717, 1.165) is 40.1 Å². The van der Waals surface area contributed by atoms with Crippen molar-refractivity contribution in [3.63, 3.8) is 0 Å². The highest BCUT2D eigenvalue weighted by molar-refractivity contribution is 7.91. The van der Waals surface area contributed by atoms with Gasteiger partial charge in [0.25, 0.3) is 5.91 Å². The summed E-state index contributed by atoms with van der Waals surface area (Å²) in [7, 11) is -2.92. The Balaban J connectivity index is 1.55. The molecule has 8 heteroatoms. The first-order chi connectivity index (χ1) is 11.8. The standard InChI is InChI=1S/C17H21N3O3S2/c1-9-13-10(2)19-15(12-3-4-12)20-17(13)24-14(9)16(21)18-7-11-5-6-25(22,23)8-11/h11-12H,3-8H2,1-2H3,(H,18,21). The van der Waals surface area contributed by atoms with Gasteiger partial charge in [-0.05, 0) is 44.6 Å². The van der Waals surface area contributed by atoms with Crippen molar-refractivity contribution >= 4 is 37.3 Å². The molecule has 0 aromatic carbocycles. The number of hydrogen-bond donors (Lipinski definition) is 1. The van der Waals surface area contributed by atoms with Crippen molar-refractivity contribution in [2.75, 3.05) is 18.1 Å². The lowest BCUT2D eigenvalue weighted by Gasteiger charge is -2.09. The van der Waals surface area contributed by atoms with E-state index in [4.69, 9.17) is 0 Å². The molecule has 2 aromatic heterocycles. The number of aryl methyl sites for hydroxylation is 2. The van der Waals surface area contributed by atoms with E-state index in [1.807, 2.05) is 13.8 Å². The van der Waals surface area contributed by atoms with Crippen LogP contribution in [0.25, 0.3) is 10.2 Å². The van der Waals surface area contributed by atoms with Gasteiger partial charge in [-0.3, -0.25) is 4.79 Å². The smallest absolute Gasteiger partial charge is 0.261 e. The number of hydrogen-bond acceptors (Lipinski definition) is 6. The second-order valence-corrected chi connectivity index (χ2v) is 10.4. The Morgan fingerprint density at radius 2 is 2.00 bits per heavy atom. The second kappa shape index (κ2) is 6.02. The monoisotopic (exact) mass is 379 g/mol. The normalized spacial score (nSPS) is 22.4. The van der Waals surface area contributed by atoms with Gasteiger partial charge >= 0.3 is 0 Å². The molecule has 25 heavy (non-hydrogen) atoms. The Kier molecular flexibility index (Phi) is 4.07. The number of sulfone groups is 1. The number of rotatable bonds is 4. The van der Waals surface area contributed by atoms with Crippen LogP contribution in [0.3, 0.4) is 0 Å². The first-order valence-corrected chi connectivity index (χ1v) is 11.2. The molecule has 1 saturated heterocycles. The van der Waals surface area contributed by atoms with E-state index in [9.17, 15) is 13.2 Å². The van der Waals surface area contributed by atoms with Gasteiger partial charge in [0, 0.05) is 17.8 Å². The summed E-state index contributed by atoms with van der Waals surface area (Å²) in [6.07, 6.45) is 2.92. The first kappa shape index (κ1) is 16.9. The number of carbonyl (C=O) groups is 1. The lowest BCUT2D eigenvalue weighted by molar-refractivity contribution is 0.0952. The molecule has 2 aliphatic rings. The molecule has 0 radical (unpaired) electrons. The molecule has 2 fully saturated rings. The van der Waals surface area contributed by atoms with Gasteiger partial charge < -0.3 is 5.32 Å². The van der Waals surface area contributed by atoms with Crippen molar-refractivity contribution in [3.05, 3.63) is 22.0 Å². The average Bonchev–Trinajstić information content (AvgIpc) is 3.26. The molecule has 1 atom stereocenters. The summed E-state index contributed by atoms with van der Waals surface area (Å²) in [5.74, 6) is 1.66. The quantitative estimate of drug-likeness (QED) is 0.881. The molecule has 4 rings (SSSR count). The Morgan fingerprint density at radius 3 is 2.64 bits per heavy atom. The fourth-order valence-electron chi connectivity index (χ4n) is 3.45. The zero-order valence-corrected chi connectivity index (χ0v) is 16.0. The van der Waals surface area contributed by atoms with E-state index >= 15 is 0 Å². The molecule has 0 spiro atoms. The summed E-state index contributed by atoms with van der Waals surface area (Å²) >= 11 is 1.41. The molecule has 6 nitrogen and oxygen atoms in total. The van der Waals surface area contributed by atoms with E-state index in [0.29, 0.717) is 23.8 Å². The molecular formula is C17H21N3O3S2. The lowest BCUT2D eigenvalue weighted by Crippen LogP contribution is -2.29. The number of nitrogens with one attached hydrogen (secondary N) is 1. The molecule has 3 heterocycles. The third-order valence-electron chi connectivity index (χ3n) is 5.02. The zero-order valence-electron chi connectivity index (χ0n) is 14.3. The molecule has 1 aliphatic carbocycles. The van der Waals surface area contributed by atoms with E-state index in [-0.39, 0.29) is 23.3 Å². The van der Waals surface area contributed by atoms with Crippen molar-refractivity contribution in [2.45, 2.75) is 39.0 Å². The van der Waals surface area contributed by atoms with Crippen molar-refractivity contribution in [1.29, 1.82) is 0 Å². The maximum Gasteiger partial charge on any atom is 0.261 e. The third-order valence-corrected chi connectivity index (χ3v) is 8.04. The van der Waals surface area contributed by atoms with Gasteiger partial charge in [0.2, 0.25) is 0 Å². The second-order valence-electron chi connectivity index (χ2n) is 7.16. The highest BCUT2D eigenvalue weighted by atomic mass is 32.2.